The van der Waals surface area contributed by atoms with Gasteiger partial charge in [-0.15, -0.1) is 0 Å². The summed E-state index contributed by atoms with van der Waals surface area (Å²) >= 11 is 2.62. The summed E-state index contributed by atoms with van der Waals surface area (Å²) in [6, 6.07) is 0. The second kappa shape index (κ2) is 26.2. The molecule has 0 heterocycles. The summed E-state index contributed by atoms with van der Waals surface area (Å²) in [7, 11) is 0. The summed E-state index contributed by atoms with van der Waals surface area (Å²) in [6.07, 6.45) is 0. The average Bonchev–Trinajstić information content (AvgIpc) is 1.00. The minimum absolute atomic E-state index is 0. The van der Waals surface area contributed by atoms with E-state index >= 15 is 0 Å². The molecule has 4 heavy (non-hydrogen) atoms. The van der Waals surface area contributed by atoms with Crippen molar-refractivity contribution in [2.24, 2.45) is 0 Å². The molecule has 0 aliphatic carbocycles. The van der Waals surface area contributed by atoms with Crippen LogP contribution in [0.3, 0.4) is 0 Å². The third-order valence-electron chi connectivity index (χ3n) is 0. The Morgan fingerprint density at radius 3 is 1.25 bits per heavy atom. The van der Waals surface area contributed by atoms with Gasteiger partial charge in [0.15, 0.2) is 0 Å². The van der Waals surface area contributed by atoms with Crippen molar-refractivity contribution in [3.05, 3.63) is 0 Å². The standard InChI is InChI=1S/Li.2Ni.O. The van der Waals surface area contributed by atoms with Gasteiger partial charge in [-0.05, 0) is 0 Å². The first-order valence-corrected chi connectivity index (χ1v) is 0.532. The fraction of sp³-hybridized carbons (Fsp3) is 0. The van der Waals surface area contributed by atoms with Gasteiger partial charge < -0.3 is 0 Å². The monoisotopic (exact) mass is 139 g/mol. The Morgan fingerprint density at radius 2 is 1.25 bits per heavy atom. The Labute approximate surface area is 54.6 Å². The fourth-order valence-electron chi connectivity index (χ4n) is 0. The summed E-state index contributed by atoms with van der Waals surface area (Å²) in [5.74, 6) is 0. The van der Waals surface area contributed by atoms with Crippen LogP contribution in [-0.4, -0.2) is 18.9 Å². The topological polar surface area (TPSA) is 17.1 Å². The molecule has 0 saturated heterocycles. The molecule has 0 spiro atoms. The van der Waals surface area contributed by atoms with E-state index in [9.17, 15) is 0 Å². The third kappa shape index (κ3) is 10.0. The molecule has 0 amide bonds. The molecule has 1 radical (unpaired) electrons. The quantitative estimate of drug-likeness (QED) is 0.414. The molecular formula is LiNi2O. The van der Waals surface area contributed by atoms with Crippen LogP contribution in [0.1, 0.15) is 0 Å². The molecule has 0 aromatic carbocycles. The van der Waals surface area contributed by atoms with Crippen molar-refractivity contribution in [1.82, 2.24) is 0 Å². The van der Waals surface area contributed by atoms with Crippen molar-refractivity contribution in [2.75, 3.05) is 0 Å². The molecule has 0 rings (SSSR count). The van der Waals surface area contributed by atoms with Gasteiger partial charge >= 0.3 is 19.3 Å². The van der Waals surface area contributed by atoms with Crippen LogP contribution in [0.25, 0.3) is 0 Å². The molecule has 0 bridgehead atoms. The Morgan fingerprint density at radius 1 is 1.25 bits per heavy atom. The van der Waals surface area contributed by atoms with Gasteiger partial charge in [0.2, 0.25) is 0 Å². The molecule has 27 valence electrons. The molecule has 0 aromatic heterocycles. The van der Waals surface area contributed by atoms with E-state index in [1.165, 1.54) is 0 Å². The Hall–Kier alpha value is 1.38. The van der Waals surface area contributed by atoms with Gasteiger partial charge in [-0.25, -0.2) is 0 Å². The van der Waals surface area contributed by atoms with E-state index in [1.54, 1.807) is 0 Å². The normalized spacial score (nSPS) is 1.50. The molecule has 0 aliphatic heterocycles. The van der Waals surface area contributed by atoms with E-state index < -0.39 is 0 Å². The van der Waals surface area contributed by atoms with Crippen molar-refractivity contribution in [3.63, 3.8) is 0 Å². The maximum atomic E-state index is 7.88. The van der Waals surface area contributed by atoms with E-state index in [0.29, 0.717) is 0 Å². The van der Waals surface area contributed by atoms with Crippen molar-refractivity contribution in [3.8, 4) is 0 Å². The first kappa shape index (κ1) is 18.2. The molecule has 0 atom stereocenters. The van der Waals surface area contributed by atoms with Crippen molar-refractivity contribution in [2.45, 2.75) is 0 Å². The van der Waals surface area contributed by atoms with Crippen LogP contribution in [0.2, 0.25) is 0 Å². The summed E-state index contributed by atoms with van der Waals surface area (Å²) < 4.78 is 7.88. The first-order valence-electron chi connectivity index (χ1n) is 0.129. The van der Waals surface area contributed by atoms with Crippen LogP contribution in [-0.2, 0) is 35.8 Å². The molecular weight excluding hydrogens is 140 g/mol. The van der Waals surface area contributed by atoms with E-state index in [2.05, 4.69) is 15.4 Å². The van der Waals surface area contributed by atoms with E-state index in [4.69, 9.17) is 3.90 Å². The molecule has 4 heteroatoms. The first-order chi connectivity index (χ1) is 1.00. The number of rotatable bonds is 0. The van der Waals surface area contributed by atoms with Gasteiger partial charge in [0.05, 0.1) is 0 Å². The number of hydrogen-bond donors (Lipinski definition) is 0. The van der Waals surface area contributed by atoms with Crippen LogP contribution in [0, 0.1) is 0 Å². The second-order valence-electron chi connectivity index (χ2n) is 0. The molecule has 0 N–H and O–H groups in total. The second-order valence-corrected chi connectivity index (χ2v) is 0. The van der Waals surface area contributed by atoms with Crippen LogP contribution in [0.4, 0.5) is 0 Å². The third-order valence-corrected chi connectivity index (χ3v) is 0. The average molecular weight is 140 g/mol. The fourth-order valence-corrected chi connectivity index (χ4v) is 0. The zero-order valence-electron chi connectivity index (χ0n) is 2.04. The van der Waals surface area contributed by atoms with Crippen LogP contribution < -0.4 is 0 Å². The minimum atomic E-state index is 0. The van der Waals surface area contributed by atoms with E-state index in [0.717, 1.165) is 0 Å². The Bertz CT molecular complexity index is 6.00. The molecule has 0 aromatic rings. The zero-order chi connectivity index (χ0) is 2.00. The summed E-state index contributed by atoms with van der Waals surface area (Å²) in [5.41, 5.74) is 0. The van der Waals surface area contributed by atoms with Crippen molar-refractivity contribution >= 4 is 18.9 Å². The van der Waals surface area contributed by atoms with Crippen molar-refractivity contribution in [1.29, 1.82) is 0 Å². The Kier molecular flexibility index (Phi) is 119. The van der Waals surface area contributed by atoms with Crippen LogP contribution >= 0.6 is 0 Å². The predicted molar refractivity (Wildman–Crippen MR) is 6.44 cm³/mol. The van der Waals surface area contributed by atoms with Gasteiger partial charge in [-0.2, -0.15) is 0 Å². The number of hydrogen-bond acceptors (Lipinski definition) is 1. The van der Waals surface area contributed by atoms with Gasteiger partial charge in [0, 0.05) is 35.4 Å². The van der Waals surface area contributed by atoms with Crippen LogP contribution in [0.15, 0.2) is 0 Å². The predicted octanol–water partition coefficient (Wildman–Crippen LogP) is -0.505. The summed E-state index contributed by atoms with van der Waals surface area (Å²) in [5, 5.41) is 0. The van der Waals surface area contributed by atoms with Gasteiger partial charge in [-0.3, -0.25) is 0 Å². The summed E-state index contributed by atoms with van der Waals surface area (Å²) in [4.78, 5) is 0. The zero-order valence-corrected chi connectivity index (χ0v) is 4.02. The maximum absolute atomic E-state index is 7.88. The SMILES string of the molecule is [Li].[Ni].[O]=[Ni]. The van der Waals surface area contributed by atoms with Crippen LogP contribution in [0.5, 0.6) is 0 Å². The molecule has 0 saturated carbocycles. The van der Waals surface area contributed by atoms with Gasteiger partial charge in [0.25, 0.3) is 0 Å². The van der Waals surface area contributed by atoms with E-state index in [-0.39, 0.29) is 35.4 Å². The molecule has 0 unspecified atom stereocenters. The summed E-state index contributed by atoms with van der Waals surface area (Å²) in [6.45, 7) is 0. The van der Waals surface area contributed by atoms with E-state index in [1.807, 2.05) is 0 Å². The van der Waals surface area contributed by atoms with Gasteiger partial charge in [0.1, 0.15) is 0 Å². The Balaban J connectivity index is -0.00000000500. The molecule has 1 nitrogen and oxygen atoms in total. The van der Waals surface area contributed by atoms with Gasteiger partial charge in [-0.1, -0.05) is 0 Å². The van der Waals surface area contributed by atoms with Crippen molar-refractivity contribution < 1.29 is 35.8 Å². The molecule has 0 fully saturated rings. The molecule has 0 aliphatic rings.